The number of nitrogens with one attached hydrogen (secondary N) is 1. The lowest BCUT2D eigenvalue weighted by atomic mass is 9.95. The van der Waals surface area contributed by atoms with Gasteiger partial charge in [-0.25, -0.2) is 0 Å². The Labute approximate surface area is 114 Å². The Morgan fingerprint density at radius 3 is 2.42 bits per heavy atom. The van der Waals surface area contributed by atoms with Crippen LogP contribution in [0.2, 0.25) is 0 Å². The highest BCUT2D eigenvalue weighted by atomic mass is 14.7. The molecule has 0 spiro atoms. The molecular weight excluding hydrogens is 230 g/mol. The van der Waals surface area contributed by atoms with Crippen molar-refractivity contribution in [3.8, 4) is 0 Å². The summed E-state index contributed by atoms with van der Waals surface area (Å²) in [6.45, 7) is 6.64. The molecule has 3 rings (SSSR count). The third-order valence-electron chi connectivity index (χ3n) is 3.31. The summed E-state index contributed by atoms with van der Waals surface area (Å²) in [5.41, 5.74) is 3.87. The van der Waals surface area contributed by atoms with E-state index in [1.54, 1.807) is 0 Å². The van der Waals surface area contributed by atoms with Gasteiger partial charge in [0.1, 0.15) is 0 Å². The van der Waals surface area contributed by atoms with E-state index in [2.05, 4.69) is 80.4 Å². The van der Waals surface area contributed by atoms with Gasteiger partial charge < -0.3 is 4.98 Å². The number of para-hydroxylation sites is 1. The quantitative estimate of drug-likeness (QED) is 0.596. The van der Waals surface area contributed by atoms with E-state index in [-0.39, 0.29) is 5.41 Å². The van der Waals surface area contributed by atoms with E-state index >= 15 is 0 Å². The van der Waals surface area contributed by atoms with Gasteiger partial charge in [-0.05, 0) is 23.1 Å². The highest BCUT2D eigenvalue weighted by molar-refractivity contribution is 6.07. The molecule has 0 saturated carbocycles. The predicted octanol–water partition coefficient (Wildman–Crippen LogP) is 5.38. The van der Waals surface area contributed by atoms with Crippen molar-refractivity contribution in [2.45, 2.75) is 20.8 Å². The molecule has 96 valence electrons. The molecule has 3 aromatic rings. The molecule has 1 aromatic heterocycles. The second-order valence-electron chi connectivity index (χ2n) is 6.17. The Kier molecular flexibility index (Phi) is 2.70. The van der Waals surface area contributed by atoms with Crippen molar-refractivity contribution in [3.63, 3.8) is 0 Å². The lowest BCUT2D eigenvalue weighted by molar-refractivity contribution is 0.547. The van der Waals surface area contributed by atoms with Crippen molar-refractivity contribution < 1.29 is 0 Å². The molecule has 1 heterocycles. The van der Waals surface area contributed by atoms with E-state index in [4.69, 9.17) is 0 Å². The molecule has 0 aliphatic heterocycles. The Balaban J connectivity index is 2.11. The summed E-state index contributed by atoms with van der Waals surface area (Å²) >= 11 is 0. The van der Waals surface area contributed by atoms with Gasteiger partial charge in [0.25, 0.3) is 0 Å². The summed E-state index contributed by atoms with van der Waals surface area (Å²) in [7, 11) is 0. The summed E-state index contributed by atoms with van der Waals surface area (Å²) in [5, 5.41) is 2.59. The van der Waals surface area contributed by atoms with Gasteiger partial charge in [0.15, 0.2) is 0 Å². The minimum atomic E-state index is 0.218. The molecule has 0 atom stereocenters. The fourth-order valence-corrected chi connectivity index (χ4v) is 2.32. The van der Waals surface area contributed by atoms with Gasteiger partial charge in [-0.2, -0.15) is 0 Å². The van der Waals surface area contributed by atoms with Crippen molar-refractivity contribution >= 4 is 27.9 Å². The van der Waals surface area contributed by atoms with Crippen LogP contribution in [0.4, 0.5) is 0 Å². The van der Waals surface area contributed by atoms with Crippen LogP contribution in [0.15, 0.2) is 48.5 Å². The molecule has 0 saturated heterocycles. The normalized spacial score (nSPS) is 12.8. The molecule has 1 nitrogen and oxygen atoms in total. The smallest absolute Gasteiger partial charge is 0.0470 e. The first-order chi connectivity index (χ1) is 9.03. The van der Waals surface area contributed by atoms with Crippen LogP contribution in [0.3, 0.4) is 0 Å². The Morgan fingerprint density at radius 2 is 1.63 bits per heavy atom. The average molecular weight is 249 g/mol. The number of H-pyrrole nitrogens is 1. The summed E-state index contributed by atoms with van der Waals surface area (Å²) in [5.74, 6) is 0. The molecule has 2 aromatic carbocycles. The van der Waals surface area contributed by atoms with Crippen LogP contribution >= 0.6 is 0 Å². The third kappa shape index (κ3) is 2.41. The van der Waals surface area contributed by atoms with Crippen LogP contribution in [0.5, 0.6) is 0 Å². The lowest BCUT2D eigenvalue weighted by Crippen LogP contribution is -1.97. The largest absolute Gasteiger partial charge is 0.354 e. The van der Waals surface area contributed by atoms with E-state index < -0.39 is 0 Å². The van der Waals surface area contributed by atoms with Crippen molar-refractivity contribution in [2.75, 3.05) is 0 Å². The number of hydrogen-bond donors (Lipinski definition) is 1. The second-order valence-corrected chi connectivity index (χ2v) is 6.17. The van der Waals surface area contributed by atoms with Crippen LogP contribution in [-0.4, -0.2) is 4.98 Å². The van der Waals surface area contributed by atoms with Crippen LogP contribution < -0.4 is 0 Å². The molecular formula is C18H19N. The van der Waals surface area contributed by atoms with Crippen LogP contribution in [0, 0.1) is 5.41 Å². The zero-order valence-corrected chi connectivity index (χ0v) is 11.7. The molecule has 0 aliphatic rings. The fraction of sp³-hybridized carbons (Fsp3) is 0.222. The maximum Gasteiger partial charge on any atom is 0.0470 e. The van der Waals surface area contributed by atoms with Crippen molar-refractivity contribution in [2.24, 2.45) is 5.41 Å². The monoisotopic (exact) mass is 249 g/mol. The number of hydrogen-bond acceptors (Lipinski definition) is 0. The Morgan fingerprint density at radius 1 is 0.895 bits per heavy atom. The Bertz CT molecular complexity index is 754. The van der Waals surface area contributed by atoms with E-state index in [1.165, 1.54) is 27.4 Å². The first-order valence-electron chi connectivity index (χ1n) is 6.73. The zero-order chi connectivity index (χ0) is 13.5. The molecule has 0 fully saturated rings. The molecule has 1 N–H and O–H groups in total. The van der Waals surface area contributed by atoms with Gasteiger partial charge in [-0.3, -0.25) is 0 Å². The van der Waals surface area contributed by atoms with Crippen LogP contribution in [0.25, 0.3) is 27.9 Å². The SMILES string of the molecule is CC(C)(C)/C=C/c1ccc2c(c1)[nH]c1ccccc12. The molecule has 0 aliphatic carbocycles. The number of benzene rings is 2. The number of fused-ring (bicyclic) bond motifs is 3. The predicted molar refractivity (Wildman–Crippen MR) is 84.3 cm³/mol. The maximum absolute atomic E-state index is 3.48. The summed E-state index contributed by atoms with van der Waals surface area (Å²) in [6.07, 6.45) is 4.45. The number of allylic oxidation sites excluding steroid dienone is 1. The zero-order valence-electron chi connectivity index (χ0n) is 11.7. The fourth-order valence-electron chi connectivity index (χ4n) is 2.32. The van der Waals surface area contributed by atoms with Crippen molar-refractivity contribution in [1.29, 1.82) is 0 Å². The third-order valence-corrected chi connectivity index (χ3v) is 3.31. The molecule has 19 heavy (non-hydrogen) atoms. The summed E-state index contributed by atoms with van der Waals surface area (Å²) in [4.78, 5) is 3.48. The maximum atomic E-state index is 3.48. The minimum Gasteiger partial charge on any atom is -0.354 e. The highest BCUT2D eigenvalue weighted by Gasteiger charge is 2.05. The number of aromatic nitrogens is 1. The van der Waals surface area contributed by atoms with Crippen molar-refractivity contribution in [3.05, 3.63) is 54.1 Å². The first kappa shape index (κ1) is 12.0. The molecule has 0 unspecified atom stereocenters. The first-order valence-corrected chi connectivity index (χ1v) is 6.73. The van der Waals surface area contributed by atoms with Gasteiger partial charge >= 0.3 is 0 Å². The number of aromatic amines is 1. The standard InChI is InChI=1S/C18H19N/c1-18(2,3)11-10-13-8-9-15-14-6-4-5-7-16(14)19-17(15)12-13/h4-12,19H,1-3H3/b11-10+. The topological polar surface area (TPSA) is 15.8 Å². The summed E-state index contributed by atoms with van der Waals surface area (Å²) in [6, 6.07) is 15.1. The Hall–Kier alpha value is -2.02. The minimum absolute atomic E-state index is 0.218. The van der Waals surface area contributed by atoms with E-state index in [1.807, 2.05) is 0 Å². The number of rotatable bonds is 1. The average Bonchev–Trinajstić information content (AvgIpc) is 2.73. The second kappa shape index (κ2) is 4.27. The van der Waals surface area contributed by atoms with Gasteiger partial charge in [-0.15, -0.1) is 0 Å². The summed E-state index contributed by atoms with van der Waals surface area (Å²) < 4.78 is 0. The molecule has 0 bridgehead atoms. The van der Waals surface area contributed by atoms with E-state index in [0.29, 0.717) is 0 Å². The molecule has 0 radical (unpaired) electrons. The van der Waals surface area contributed by atoms with E-state index in [0.717, 1.165) is 0 Å². The van der Waals surface area contributed by atoms with Gasteiger partial charge in [0, 0.05) is 21.8 Å². The molecule has 0 amide bonds. The van der Waals surface area contributed by atoms with Crippen LogP contribution in [0.1, 0.15) is 26.3 Å². The van der Waals surface area contributed by atoms with Crippen molar-refractivity contribution in [1.82, 2.24) is 4.98 Å². The van der Waals surface area contributed by atoms with Gasteiger partial charge in [0.05, 0.1) is 0 Å². The van der Waals surface area contributed by atoms with Crippen LogP contribution in [-0.2, 0) is 0 Å². The lowest BCUT2D eigenvalue weighted by Gasteiger charge is -2.10. The van der Waals surface area contributed by atoms with Gasteiger partial charge in [0.2, 0.25) is 0 Å². The van der Waals surface area contributed by atoms with E-state index in [9.17, 15) is 0 Å². The molecule has 1 heteroatoms. The van der Waals surface area contributed by atoms with Gasteiger partial charge in [-0.1, -0.05) is 63.3 Å². The highest BCUT2D eigenvalue weighted by Crippen LogP contribution is 2.26.